The van der Waals surface area contributed by atoms with Gasteiger partial charge in [-0.15, -0.1) is 0 Å². The fourth-order valence-corrected chi connectivity index (χ4v) is 2.44. The van der Waals surface area contributed by atoms with Crippen LogP contribution in [0.1, 0.15) is 37.8 Å². The summed E-state index contributed by atoms with van der Waals surface area (Å²) in [4.78, 5) is 12.9. The molecule has 21 heavy (non-hydrogen) atoms. The number of carbonyl (C=O) groups is 1. The molecule has 1 fully saturated rings. The van der Waals surface area contributed by atoms with Crippen LogP contribution in [0.25, 0.3) is 0 Å². The van der Waals surface area contributed by atoms with E-state index in [9.17, 15) is 13.6 Å². The van der Waals surface area contributed by atoms with Gasteiger partial charge in [-0.1, -0.05) is 12.1 Å². The standard InChI is InChI=1S/C15H19F2NO3/c1-10(18(12-4-5-12)9-8-14(19)20)11-2-6-13(7-3-11)21-15(16)17/h2-3,6-7,10,12,15H,4-5,8-9H2,1H3,(H,19,20). The number of halogens is 2. The third-order valence-corrected chi connectivity index (χ3v) is 3.68. The van der Waals surface area contributed by atoms with Crippen molar-refractivity contribution in [2.24, 2.45) is 0 Å². The highest BCUT2D eigenvalue weighted by Crippen LogP contribution is 2.34. The quantitative estimate of drug-likeness (QED) is 0.800. The van der Waals surface area contributed by atoms with Gasteiger partial charge in [0, 0.05) is 18.6 Å². The Balaban J connectivity index is 2.02. The first-order chi connectivity index (χ1) is 9.97. The van der Waals surface area contributed by atoms with Gasteiger partial charge in [0.25, 0.3) is 0 Å². The Morgan fingerprint density at radius 1 is 1.38 bits per heavy atom. The third-order valence-electron chi connectivity index (χ3n) is 3.68. The van der Waals surface area contributed by atoms with Crippen molar-refractivity contribution in [3.63, 3.8) is 0 Å². The minimum Gasteiger partial charge on any atom is -0.481 e. The SMILES string of the molecule is CC(c1ccc(OC(F)F)cc1)N(CCC(=O)O)C1CC1. The van der Waals surface area contributed by atoms with Gasteiger partial charge in [-0.2, -0.15) is 8.78 Å². The fraction of sp³-hybridized carbons (Fsp3) is 0.533. The molecule has 1 N–H and O–H groups in total. The first-order valence-electron chi connectivity index (χ1n) is 6.99. The molecule has 1 saturated carbocycles. The Hall–Kier alpha value is -1.69. The molecule has 0 aromatic heterocycles. The molecule has 0 radical (unpaired) electrons. The predicted octanol–water partition coefficient (Wildman–Crippen LogP) is 3.29. The minimum atomic E-state index is -2.83. The number of benzene rings is 1. The van der Waals surface area contributed by atoms with Crippen LogP contribution < -0.4 is 4.74 Å². The summed E-state index contributed by atoms with van der Waals surface area (Å²) in [6, 6.07) is 7.01. The number of carboxylic acids is 1. The lowest BCUT2D eigenvalue weighted by Crippen LogP contribution is -2.31. The molecule has 1 aromatic carbocycles. The van der Waals surface area contributed by atoms with Crippen LogP contribution in [-0.2, 0) is 4.79 Å². The van der Waals surface area contributed by atoms with Crippen molar-refractivity contribution in [2.75, 3.05) is 6.54 Å². The van der Waals surface area contributed by atoms with E-state index in [1.807, 2.05) is 6.92 Å². The molecule has 0 bridgehead atoms. The number of nitrogens with zero attached hydrogens (tertiary/aromatic N) is 1. The van der Waals surface area contributed by atoms with Gasteiger partial charge in [0.05, 0.1) is 6.42 Å². The number of alkyl halides is 2. The van der Waals surface area contributed by atoms with Crippen molar-refractivity contribution >= 4 is 5.97 Å². The molecule has 1 aliphatic rings. The summed E-state index contributed by atoms with van der Waals surface area (Å²) < 4.78 is 28.5. The maximum absolute atomic E-state index is 12.1. The molecule has 0 heterocycles. The number of hydrogen-bond donors (Lipinski definition) is 1. The van der Waals surface area contributed by atoms with Crippen molar-refractivity contribution in [2.45, 2.75) is 44.9 Å². The molecule has 0 saturated heterocycles. The van der Waals surface area contributed by atoms with Crippen LogP contribution in [0.5, 0.6) is 5.75 Å². The van der Waals surface area contributed by atoms with Crippen LogP contribution in [0, 0.1) is 0 Å². The lowest BCUT2D eigenvalue weighted by molar-refractivity contribution is -0.137. The first-order valence-corrected chi connectivity index (χ1v) is 6.99. The summed E-state index contributed by atoms with van der Waals surface area (Å²) >= 11 is 0. The van der Waals surface area contributed by atoms with Crippen molar-refractivity contribution in [3.8, 4) is 5.75 Å². The molecule has 1 aromatic rings. The molecule has 1 unspecified atom stereocenters. The second kappa shape index (κ2) is 6.85. The minimum absolute atomic E-state index is 0.0532. The van der Waals surface area contributed by atoms with Crippen LogP contribution in [-0.4, -0.2) is 35.2 Å². The summed E-state index contributed by atoms with van der Waals surface area (Å²) in [5.74, 6) is -0.682. The van der Waals surface area contributed by atoms with Crippen molar-refractivity contribution in [3.05, 3.63) is 29.8 Å². The summed E-state index contributed by atoms with van der Waals surface area (Å²) in [7, 11) is 0. The van der Waals surface area contributed by atoms with E-state index < -0.39 is 12.6 Å². The topological polar surface area (TPSA) is 49.8 Å². The monoisotopic (exact) mass is 299 g/mol. The van der Waals surface area contributed by atoms with E-state index in [1.165, 1.54) is 12.1 Å². The van der Waals surface area contributed by atoms with E-state index in [0.29, 0.717) is 12.6 Å². The Bertz CT molecular complexity index is 474. The highest BCUT2D eigenvalue weighted by Gasteiger charge is 2.32. The van der Waals surface area contributed by atoms with Gasteiger partial charge in [0.1, 0.15) is 5.75 Å². The lowest BCUT2D eigenvalue weighted by atomic mass is 10.1. The van der Waals surface area contributed by atoms with E-state index in [2.05, 4.69) is 9.64 Å². The van der Waals surface area contributed by atoms with Crippen molar-refractivity contribution in [1.29, 1.82) is 0 Å². The Kier molecular flexibility index (Phi) is 5.12. The summed E-state index contributed by atoms with van der Waals surface area (Å²) in [5, 5.41) is 8.82. The molecule has 0 aliphatic heterocycles. The number of hydrogen-bond acceptors (Lipinski definition) is 3. The molecule has 4 nitrogen and oxygen atoms in total. The van der Waals surface area contributed by atoms with Gasteiger partial charge in [-0.25, -0.2) is 0 Å². The molecule has 6 heteroatoms. The zero-order valence-corrected chi connectivity index (χ0v) is 11.8. The molecular formula is C15H19F2NO3. The average molecular weight is 299 g/mol. The van der Waals surface area contributed by atoms with Gasteiger partial charge in [0.15, 0.2) is 0 Å². The van der Waals surface area contributed by atoms with Gasteiger partial charge in [-0.3, -0.25) is 9.69 Å². The predicted molar refractivity (Wildman–Crippen MR) is 73.5 cm³/mol. The Labute approximate surface area is 122 Å². The van der Waals surface area contributed by atoms with E-state index in [1.54, 1.807) is 12.1 Å². The second-order valence-electron chi connectivity index (χ2n) is 5.24. The third kappa shape index (κ3) is 4.67. The lowest BCUT2D eigenvalue weighted by Gasteiger charge is -2.29. The summed E-state index contributed by atoms with van der Waals surface area (Å²) in [5.41, 5.74) is 0.967. The van der Waals surface area contributed by atoms with E-state index in [4.69, 9.17) is 5.11 Å². The Morgan fingerprint density at radius 3 is 2.48 bits per heavy atom. The molecular weight excluding hydrogens is 280 g/mol. The normalized spacial score (nSPS) is 16.2. The smallest absolute Gasteiger partial charge is 0.387 e. The maximum atomic E-state index is 12.1. The van der Waals surface area contributed by atoms with Crippen LogP contribution in [0.3, 0.4) is 0 Å². The van der Waals surface area contributed by atoms with Crippen LogP contribution in [0.4, 0.5) is 8.78 Å². The number of rotatable bonds is 8. The van der Waals surface area contributed by atoms with Gasteiger partial charge >= 0.3 is 12.6 Å². The van der Waals surface area contributed by atoms with Crippen LogP contribution >= 0.6 is 0 Å². The van der Waals surface area contributed by atoms with Gasteiger partial charge in [0.2, 0.25) is 0 Å². The summed E-state index contributed by atoms with van der Waals surface area (Å²) in [6.45, 7) is -0.327. The molecule has 0 amide bonds. The average Bonchev–Trinajstić information content (AvgIpc) is 3.23. The molecule has 1 aliphatic carbocycles. The number of aliphatic carboxylic acids is 1. The number of ether oxygens (including phenoxy) is 1. The second-order valence-corrected chi connectivity index (χ2v) is 5.24. The molecule has 116 valence electrons. The highest BCUT2D eigenvalue weighted by molar-refractivity contribution is 5.66. The van der Waals surface area contributed by atoms with Crippen molar-refractivity contribution < 1.29 is 23.4 Å². The number of carboxylic acid groups (broad SMARTS) is 1. The first kappa shape index (κ1) is 15.7. The van der Waals surface area contributed by atoms with E-state index >= 15 is 0 Å². The zero-order chi connectivity index (χ0) is 15.4. The van der Waals surface area contributed by atoms with Gasteiger partial charge in [-0.05, 0) is 37.5 Å². The van der Waals surface area contributed by atoms with Crippen molar-refractivity contribution in [1.82, 2.24) is 4.90 Å². The highest BCUT2D eigenvalue weighted by atomic mass is 19.3. The van der Waals surface area contributed by atoms with E-state index in [-0.39, 0.29) is 18.2 Å². The largest absolute Gasteiger partial charge is 0.481 e. The zero-order valence-electron chi connectivity index (χ0n) is 11.8. The molecule has 2 rings (SSSR count). The van der Waals surface area contributed by atoms with Crippen LogP contribution in [0.2, 0.25) is 0 Å². The van der Waals surface area contributed by atoms with Gasteiger partial charge < -0.3 is 9.84 Å². The Morgan fingerprint density at radius 2 is 2.00 bits per heavy atom. The maximum Gasteiger partial charge on any atom is 0.387 e. The fourth-order valence-electron chi connectivity index (χ4n) is 2.44. The molecule has 0 spiro atoms. The van der Waals surface area contributed by atoms with E-state index in [0.717, 1.165) is 18.4 Å². The van der Waals surface area contributed by atoms with Crippen LogP contribution in [0.15, 0.2) is 24.3 Å². The molecule has 1 atom stereocenters. The summed E-state index contributed by atoms with van der Waals surface area (Å²) in [6.07, 6.45) is 2.26.